The van der Waals surface area contributed by atoms with E-state index < -0.39 is 11.6 Å². The van der Waals surface area contributed by atoms with Gasteiger partial charge in [0.2, 0.25) is 0 Å². The highest BCUT2D eigenvalue weighted by molar-refractivity contribution is 5.81. The predicted octanol–water partition coefficient (Wildman–Crippen LogP) is 3.54. The summed E-state index contributed by atoms with van der Waals surface area (Å²) in [6.45, 7) is 3.99. The Morgan fingerprint density at radius 3 is 2.55 bits per heavy atom. The van der Waals surface area contributed by atoms with Gasteiger partial charge in [0.1, 0.15) is 17.5 Å². The molecule has 0 radical (unpaired) electrons. The maximum atomic E-state index is 13.9. The van der Waals surface area contributed by atoms with Gasteiger partial charge in [0.05, 0.1) is 36.5 Å². The van der Waals surface area contributed by atoms with Gasteiger partial charge in [0, 0.05) is 43.5 Å². The molecule has 2 fully saturated rings. The number of hydrogen-bond donors (Lipinski definition) is 1. The number of halogens is 2. The van der Waals surface area contributed by atoms with Gasteiger partial charge in [-0.05, 0) is 36.6 Å². The third-order valence-electron chi connectivity index (χ3n) is 6.09. The van der Waals surface area contributed by atoms with Crippen LogP contribution in [0.2, 0.25) is 0 Å². The third-order valence-corrected chi connectivity index (χ3v) is 6.09. The van der Waals surface area contributed by atoms with E-state index in [4.69, 9.17) is 15.5 Å². The van der Waals surface area contributed by atoms with E-state index in [-0.39, 0.29) is 6.04 Å². The highest BCUT2D eigenvalue weighted by Gasteiger charge is 2.29. The summed E-state index contributed by atoms with van der Waals surface area (Å²) in [4.78, 5) is 13.9. The van der Waals surface area contributed by atoms with E-state index in [1.54, 1.807) is 6.20 Å². The molecule has 2 N–H and O–H groups in total. The zero-order valence-corrected chi connectivity index (χ0v) is 17.2. The Kier molecular flexibility index (Phi) is 5.41. The molecule has 0 amide bonds. The van der Waals surface area contributed by atoms with Gasteiger partial charge < -0.3 is 20.3 Å². The molecule has 6 nitrogen and oxygen atoms in total. The van der Waals surface area contributed by atoms with Gasteiger partial charge in [-0.2, -0.15) is 0 Å². The first kappa shape index (κ1) is 20.1. The predicted molar refractivity (Wildman–Crippen MR) is 116 cm³/mol. The molecule has 2 aliphatic heterocycles. The second kappa shape index (κ2) is 8.36. The van der Waals surface area contributed by atoms with Crippen LogP contribution in [0.15, 0.2) is 36.5 Å². The summed E-state index contributed by atoms with van der Waals surface area (Å²) in [5.74, 6) is -0.329. The number of nitrogens with two attached hydrogens (primary N) is 1. The molecule has 2 aromatic carbocycles. The van der Waals surface area contributed by atoms with Crippen LogP contribution in [-0.4, -0.2) is 42.8 Å². The Balaban J connectivity index is 1.61. The zero-order chi connectivity index (χ0) is 21.4. The molecule has 0 saturated carbocycles. The van der Waals surface area contributed by atoms with E-state index in [0.717, 1.165) is 66.5 Å². The van der Waals surface area contributed by atoms with Crippen LogP contribution >= 0.6 is 0 Å². The molecular formula is C23H25F2N5O. The molecule has 5 rings (SSSR count). The topological polar surface area (TPSA) is 67.5 Å². The first-order valence-electron chi connectivity index (χ1n) is 10.7. The first-order chi connectivity index (χ1) is 15.1. The average molecular weight is 425 g/mol. The Morgan fingerprint density at radius 2 is 1.81 bits per heavy atom. The number of nitrogens with zero attached hydrogens (tertiary/aromatic N) is 4. The second-order valence-electron chi connectivity index (χ2n) is 8.06. The van der Waals surface area contributed by atoms with Crippen molar-refractivity contribution in [3.63, 3.8) is 0 Å². The van der Waals surface area contributed by atoms with Crippen LogP contribution < -0.4 is 15.5 Å². The number of anilines is 2. The largest absolute Gasteiger partial charge is 0.378 e. The number of rotatable bonds is 4. The summed E-state index contributed by atoms with van der Waals surface area (Å²) < 4.78 is 33.3. The molecule has 0 aliphatic carbocycles. The Morgan fingerprint density at radius 1 is 1.03 bits per heavy atom. The Labute approximate surface area is 179 Å². The molecular weight excluding hydrogens is 400 g/mol. The molecule has 2 aliphatic rings. The summed E-state index contributed by atoms with van der Waals surface area (Å²) in [6.07, 6.45) is 3.59. The van der Waals surface area contributed by atoms with Crippen molar-refractivity contribution in [1.29, 1.82) is 0 Å². The third kappa shape index (κ3) is 3.93. The quantitative estimate of drug-likeness (QED) is 0.690. The smallest absolute Gasteiger partial charge is 0.148 e. The number of benzene rings is 2. The van der Waals surface area contributed by atoms with Crippen molar-refractivity contribution in [2.75, 3.05) is 42.6 Å². The summed E-state index contributed by atoms with van der Waals surface area (Å²) in [5.41, 5.74) is 10.1. The van der Waals surface area contributed by atoms with E-state index in [0.29, 0.717) is 25.4 Å². The molecule has 2 saturated heterocycles. The molecule has 1 atom stereocenters. The van der Waals surface area contributed by atoms with Crippen molar-refractivity contribution in [2.45, 2.75) is 25.4 Å². The van der Waals surface area contributed by atoms with Crippen molar-refractivity contribution < 1.29 is 13.5 Å². The van der Waals surface area contributed by atoms with Gasteiger partial charge in [-0.3, -0.25) is 4.98 Å². The lowest BCUT2D eigenvalue weighted by molar-refractivity contribution is 0.122. The van der Waals surface area contributed by atoms with Crippen LogP contribution in [0, 0.1) is 11.6 Å². The summed E-state index contributed by atoms with van der Waals surface area (Å²) >= 11 is 0. The first-order valence-corrected chi connectivity index (χ1v) is 10.7. The van der Waals surface area contributed by atoms with Crippen LogP contribution in [0.3, 0.4) is 0 Å². The fraction of sp³-hybridized carbons (Fsp3) is 0.391. The van der Waals surface area contributed by atoms with Crippen LogP contribution in [-0.2, 0) is 11.3 Å². The maximum absolute atomic E-state index is 13.9. The SMILES string of the molecule is NCc1cc(C2CCCN2c2cc(F)cc(F)c2)c2nc(N3CCOCC3)cnc2c1. The van der Waals surface area contributed by atoms with Gasteiger partial charge >= 0.3 is 0 Å². The molecule has 1 unspecified atom stereocenters. The zero-order valence-electron chi connectivity index (χ0n) is 17.2. The molecule has 162 valence electrons. The highest BCUT2D eigenvalue weighted by atomic mass is 19.1. The van der Waals surface area contributed by atoms with Crippen LogP contribution in [0.1, 0.15) is 30.0 Å². The van der Waals surface area contributed by atoms with Crippen molar-refractivity contribution >= 4 is 22.5 Å². The fourth-order valence-electron chi connectivity index (χ4n) is 4.61. The lowest BCUT2D eigenvalue weighted by Gasteiger charge is -2.30. The normalized spacial score (nSPS) is 19.4. The highest BCUT2D eigenvalue weighted by Crippen LogP contribution is 2.39. The summed E-state index contributed by atoms with van der Waals surface area (Å²) in [7, 11) is 0. The standard InChI is InChI=1S/C23H25F2N5O/c24-16-10-17(25)12-18(11-16)30-3-1-2-21(30)19-8-15(13-26)9-20-23(19)28-22(14-27-20)29-4-6-31-7-5-29/h8-12,14,21H,1-7,13,26H2. The lowest BCUT2D eigenvalue weighted by atomic mass is 9.99. The summed E-state index contributed by atoms with van der Waals surface area (Å²) in [6, 6.07) is 7.67. The van der Waals surface area contributed by atoms with Gasteiger partial charge in [-0.25, -0.2) is 13.8 Å². The Bertz CT molecular complexity index is 1080. The van der Waals surface area contributed by atoms with Crippen molar-refractivity contribution in [1.82, 2.24) is 9.97 Å². The van der Waals surface area contributed by atoms with Crippen molar-refractivity contribution in [3.8, 4) is 0 Å². The summed E-state index contributed by atoms with van der Waals surface area (Å²) in [5, 5.41) is 0. The minimum atomic E-state index is -0.574. The second-order valence-corrected chi connectivity index (χ2v) is 8.06. The van der Waals surface area contributed by atoms with Crippen molar-refractivity contribution in [3.05, 3.63) is 59.3 Å². The van der Waals surface area contributed by atoms with Gasteiger partial charge in [-0.1, -0.05) is 6.07 Å². The molecule has 0 spiro atoms. The number of hydrogen-bond acceptors (Lipinski definition) is 6. The average Bonchev–Trinajstić information content (AvgIpc) is 3.28. The number of ether oxygens (including phenoxy) is 1. The molecule has 3 aromatic rings. The number of aromatic nitrogens is 2. The van der Waals surface area contributed by atoms with Crippen LogP contribution in [0.4, 0.5) is 20.3 Å². The number of morpholine rings is 1. The van der Waals surface area contributed by atoms with E-state index in [2.05, 4.69) is 20.9 Å². The Hall–Kier alpha value is -2.84. The van der Waals surface area contributed by atoms with Crippen LogP contribution in [0.25, 0.3) is 11.0 Å². The molecule has 8 heteroatoms. The minimum Gasteiger partial charge on any atom is -0.378 e. The van der Waals surface area contributed by atoms with Gasteiger partial charge in [0.25, 0.3) is 0 Å². The van der Waals surface area contributed by atoms with E-state index in [1.807, 2.05) is 6.07 Å². The lowest BCUT2D eigenvalue weighted by Crippen LogP contribution is -2.36. The minimum absolute atomic E-state index is 0.0514. The molecule has 0 bridgehead atoms. The fourth-order valence-corrected chi connectivity index (χ4v) is 4.61. The van der Waals surface area contributed by atoms with Crippen LogP contribution in [0.5, 0.6) is 0 Å². The van der Waals surface area contributed by atoms with Gasteiger partial charge in [-0.15, -0.1) is 0 Å². The molecule has 31 heavy (non-hydrogen) atoms. The van der Waals surface area contributed by atoms with E-state index >= 15 is 0 Å². The number of fused-ring (bicyclic) bond motifs is 1. The van der Waals surface area contributed by atoms with E-state index in [1.165, 1.54) is 12.1 Å². The maximum Gasteiger partial charge on any atom is 0.148 e. The molecule has 3 heterocycles. The monoisotopic (exact) mass is 425 g/mol. The van der Waals surface area contributed by atoms with Crippen molar-refractivity contribution in [2.24, 2.45) is 5.73 Å². The van der Waals surface area contributed by atoms with Gasteiger partial charge in [0.15, 0.2) is 0 Å². The van der Waals surface area contributed by atoms with E-state index in [9.17, 15) is 8.78 Å². The molecule has 1 aromatic heterocycles.